The van der Waals surface area contributed by atoms with Crippen molar-refractivity contribution in [2.75, 3.05) is 5.32 Å². The average Bonchev–Trinajstić information content (AvgIpc) is 3.10. The van der Waals surface area contributed by atoms with Gasteiger partial charge in [0.2, 0.25) is 5.91 Å². The van der Waals surface area contributed by atoms with Gasteiger partial charge in [-0.05, 0) is 19.4 Å². The van der Waals surface area contributed by atoms with Gasteiger partial charge in [-0.15, -0.1) is 5.10 Å². The standard InChI is InChI=1S/C23H20N6O/c1-14-8-10-17(11-9-14)19-13-24-27-23(25-19)29-22-21(15(2)28-29)18(12-20(30)26-22)16-6-4-3-5-7-16/h3-11,13,18H,12H2,1-2H3,(H,26,30). The maximum atomic E-state index is 12.5. The Labute approximate surface area is 173 Å². The second kappa shape index (κ2) is 7.18. The normalized spacial score (nSPS) is 15.5. The SMILES string of the molecule is Cc1ccc(-c2cnnc(-n3nc(C)c4c3NC(=O)CC4c3ccccc3)n2)cc1. The number of amides is 1. The van der Waals surface area contributed by atoms with Crippen LogP contribution in [0.25, 0.3) is 17.2 Å². The van der Waals surface area contributed by atoms with Crippen molar-refractivity contribution in [3.8, 4) is 17.2 Å². The molecule has 1 aliphatic heterocycles. The van der Waals surface area contributed by atoms with Crippen LogP contribution < -0.4 is 5.32 Å². The summed E-state index contributed by atoms with van der Waals surface area (Å²) in [5, 5.41) is 15.9. The van der Waals surface area contributed by atoms with Crippen molar-refractivity contribution in [3.63, 3.8) is 0 Å². The van der Waals surface area contributed by atoms with Gasteiger partial charge < -0.3 is 5.32 Å². The summed E-state index contributed by atoms with van der Waals surface area (Å²) >= 11 is 0. The van der Waals surface area contributed by atoms with E-state index in [2.05, 4.69) is 25.6 Å². The van der Waals surface area contributed by atoms with Crippen molar-refractivity contribution >= 4 is 11.7 Å². The van der Waals surface area contributed by atoms with Gasteiger partial charge in [0.1, 0.15) is 5.82 Å². The van der Waals surface area contributed by atoms with Gasteiger partial charge >= 0.3 is 0 Å². The maximum absolute atomic E-state index is 12.5. The molecule has 1 unspecified atom stereocenters. The molecular formula is C23H20N6O. The fraction of sp³-hybridized carbons (Fsp3) is 0.174. The van der Waals surface area contributed by atoms with Crippen LogP contribution in [0.15, 0.2) is 60.8 Å². The molecule has 0 radical (unpaired) electrons. The molecule has 7 nitrogen and oxygen atoms in total. The predicted molar refractivity (Wildman–Crippen MR) is 113 cm³/mol. The first-order chi connectivity index (χ1) is 14.6. The molecule has 148 valence electrons. The van der Waals surface area contributed by atoms with Crippen LogP contribution in [0.5, 0.6) is 0 Å². The molecule has 1 N–H and O–H groups in total. The Morgan fingerprint density at radius 3 is 2.57 bits per heavy atom. The summed E-state index contributed by atoms with van der Waals surface area (Å²) in [5.74, 6) is 0.823. The molecule has 0 saturated heterocycles. The number of carbonyl (C=O) groups is 1. The molecule has 5 rings (SSSR count). The zero-order valence-electron chi connectivity index (χ0n) is 16.7. The lowest BCUT2D eigenvalue weighted by Gasteiger charge is -2.24. The minimum atomic E-state index is -0.0584. The Bertz CT molecular complexity index is 1230. The second-order valence-corrected chi connectivity index (χ2v) is 7.48. The van der Waals surface area contributed by atoms with Gasteiger partial charge in [-0.25, -0.2) is 4.98 Å². The summed E-state index contributed by atoms with van der Waals surface area (Å²) in [6.07, 6.45) is 2.01. The summed E-state index contributed by atoms with van der Waals surface area (Å²) in [5.41, 5.74) is 5.73. The molecule has 1 aliphatic rings. The molecule has 30 heavy (non-hydrogen) atoms. The van der Waals surface area contributed by atoms with E-state index in [1.807, 2.05) is 68.4 Å². The van der Waals surface area contributed by atoms with E-state index in [1.165, 1.54) is 5.56 Å². The highest BCUT2D eigenvalue weighted by Gasteiger charge is 2.33. The van der Waals surface area contributed by atoms with Gasteiger partial charge in [-0.1, -0.05) is 60.2 Å². The Kier molecular flexibility index (Phi) is 4.35. The molecule has 0 fully saturated rings. The van der Waals surface area contributed by atoms with Gasteiger partial charge in [-0.2, -0.15) is 14.9 Å². The molecule has 0 spiro atoms. The van der Waals surface area contributed by atoms with Crippen LogP contribution in [0, 0.1) is 13.8 Å². The Morgan fingerprint density at radius 1 is 1.03 bits per heavy atom. The minimum absolute atomic E-state index is 0.0554. The molecule has 1 atom stereocenters. The number of hydrogen-bond donors (Lipinski definition) is 1. The van der Waals surface area contributed by atoms with E-state index >= 15 is 0 Å². The molecule has 0 saturated carbocycles. The summed E-state index contributed by atoms with van der Waals surface area (Å²) in [4.78, 5) is 17.2. The van der Waals surface area contributed by atoms with E-state index in [0.717, 1.165) is 22.4 Å². The van der Waals surface area contributed by atoms with Crippen LogP contribution >= 0.6 is 0 Å². The lowest BCUT2D eigenvalue weighted by Crippen LogP contribution is -2.25. The minimum Gasteiger partial charge on any atom is -0.310 e. The number of fused-ring (bicyclic) bond motifs is 1. The number of hydrogen-bond acceptors (Lipinski definition) is 5. The molecule has 7 heteroatoms. The summed E-state index contributed by atoms with van der Waals surface area (Å²) in [6.45, 7) is 3.98. The molecular weight excluding hydrogens is 376 g/mol. The summed E-state index contributed by atoms with van der Waals surface area (Å²) in [6, 6.07) is 18.1. The van der Waals surface area contributed by atoms with Crippen molar-refractivity contribution in [1.82, 2.24) is 25.0 Å². The zero-order valence-corrected chi connectivity index (χ0v) is 16.7. The Hall–Kier alpha value is -3.87. The molecule has 0 bridgehead atoms. The van der Waals surface area contributed by atoms with Crippen molar-refractivity contribution < 1.29 is 4.79 Å². The van der Waals surface area contributed by atoms with Crippen LogP contribution in [0.4, 0.5) is 5.82 Å². The third-order valence-electron chi connectivity index (χ3n) is 5.39. The highest BCUT2D eigenvalue weighted by atomic mass is 16.1. The van der Waals surface area contributed by atoms with Crippen molar-refractivity contribution in [1.29, 1.82) is 0 Å². The van der Waals surface area contributed by atoms with Crippen molar-refractivity contribution in [2.24, 2.45) is 0 Å². The monoisotopic (exact) mass is 396 g/mol. The lowest BCUT2D eigenvalue weighted by molar-refractivity contribution is -0.116. The van der Waals surface area contributed by atoms with Crippen LogP contribution in [-0.4, -0.2) is 30.9 Å². The first-order valence-corrected chi connectivity index (χ1v) is 9.81. The van der Waals surface area contributed by atoms with Crippen molar-refractivity contribution in [2.45, 2.75) is 26.2 Å². The Balaban J connectivity index is 1.61. The van der Waals surface area contributed by atoms with Gasteiger partial charge in [0.05, 0.1) is 17.6 Å². The Morgan fingerprint density at radius 2 is 1.80 bits per heavy atom. The quantitative estimate of drug-likeness (QED) is 0.569. The van der Waals surface area contributed by atoms with Gasteiger partial charge in [-0.3, -0.25) is 4.79 Å². The number of aryl methyl sites for hydroxylation is 2. The van der Waals surface area contributed by atoms with Gasteiger partial charge in [0.15, 0.2) is 0 Å². The number of nitrogens with one attached hydrogen (secondary N) is 1. The number of carbonyl (C=O) groups excluding carboxylic acids is 1. The second-order valence-electron chi connectivity index (χ2n) is 7.48. The predicted octanol–water partition coefficient (Wildman–Crippen LogP) is 3.82. The smallest absolute Gasteiger partial charge is 0.272 e. The van der Waals surface area contributed by atoms with Crippen molar-refractivity contribution in [3.05, 3.63) is 83.2 Å². The summed E-state index contributed by atoms with van der Waals surface area (Å²) < 4.78 is 1.59. The topological polar surface area (TPSA) is 85.6 Å². The number of nitrogens with zero attached hydrogens (tertiary/aromatic N) is 5. The molecule has 0 aliphatic carbocycles. The van der Waals surface area contributed by atoms with Crippen LogP contribution in [0.3, 0.4) is 0 Å². The fourth-order valence-corrected chi connectivity index (χ4v) is 3.91. The van der Waals surface area contributed by atoms with E-state index in [9.17, 15) is 4.79 Å². The summed E-state index contributed by atoms with van der Waals surface area (Å²) in [7, 11) is 0. The van der Waals surface area contributed by atoms with Crippen LogP contribution in [0.2, 0.25) is 0 Å². The van der Waals surface area contributed by atoms with E-state index in [-0.39, 0.29) is 11.8 Å². The van der Waals surface area contributed by atoms with Crippen LogP contribution in [0.1, 0.15) is 34.7 Å². The van der Waals surface area contributed by atoms with E-state index in [4.69, 9.17) is 0 Å². The number of anilines is 1. The van der Waals surface area contributed by atoms with Crippen LogP contribution in [-0.2, 0) is 4.79 Å². The average molecular weight is 396 g/mol. The van der Waals surface area contributed by atoms with Gasteiger partial charge in [0.25, 0.3) is 5.95 Å². The number of benzene rings is 2. The first kappa shape index (κ1) is 18.2. The highest BCUT2D eigenvalue weighted by molar-refractivity contribution is 5.95. The largest absolute Gasteiger partial charge is 0.310 e. The fourth-order valence-electron chi connectivity index (χ4n) is 3.91. The first-order valence-electron chi connectivity index (χ1n) is 9.81. The third kappa shape index (κ3) is 3.14. The van der Waals surface area contributed by atoms with Gasteiger partial charge in [0, 0.05) is 23.5 Å². The molecule has 2 aromatic heterocycles. The third-order valence-corrected chi connectivity index (χ3v) is 5.39. The molecule has 1 amide bonds. The maximum Gasteiger partial charge on any atom is 0.272 e. The molecule has 4 aromatic rings. The van der Waals surface area contributed by atoms with E-state index in [1.54, 1.807) is 10.9 Å². The van der Waals surface area contributed by atoms with E-state index < -0.39 is 0 Å². The molecule has 3 heterocycles. The van der Waals surface area contributed by atoms with E-state index in [0.29, 0.717) is 23.9 Å². The molecule has 2 aromatic carbocycles. The lowest BCUT2D eigenvalue weighted by atomic mass is 9.86. The zero-order chi connectivity index (χ0) is 20.7. The number of rotatable bonds is 3. The number of aromatic nitrogens is 5. The highest BCUT2D eigenvalue weighted by Crippen LogP contribution is 2.39.